The lowest BCUT2D eigenvalue weighted by Gasteiger charge is -2.05. The smallest absolute Gasteiger partial charge is 0.306 e. The molecule has 0 spiro atoms. The third-order valence-electron chi connectivity index (χ3n) is 4.49. The first kappa shape index (κ1) is 19.6. The third kappa shape index (κ3) is 4.48. The molecular formula is C22H22N4O4. The van der Waals surface area contributed by atoms with Gasteiger partial charge >= 0.3 is 11.8 Å². The van der Waals surface area contributed by atoms with E-state index in [0.29, 0.717) is 18.4 Å². The molecule has 0 aliphatic carbocycles. The quantitative estimate of drug-likeness (QED) is 0.357. The number of aromatic nitrogens is 4. The van der Waals surface area contributed by atoms with Crippen molar-refractivity contribution < 1.29 is 18.3 Å². The summed E-state index contributed by atoms with van der Waals surface area (Å²) in [6, 6.07) is 14.8. The fourth-order valence-electron chi connectivity index (χ4n) is 2.82. The predicted molar refractivity (Wildman–Crippen MR) is 110 cm³/mol. The Morgan fingerprint density at radius 1 is 0.667 bits per heavy atom. The molecule has 0 N–H and O–H groups in total. The fraction of sp³-hybridized carbons (Fsp3) is 0.273. The number of hydrogen-bond acceptors (Lipinski definition) is 8. The minimum absolute atomic E-state index is 0.162. The molecule has 0 amide bonds. The maximum atomic E-state index is 5.73. The van der Waals surface area contributed by atoms with Crippen molar-refractivity contribution in [3.63, 3.8) is 0 Å². The molecular weight excluding hydrogens is 384 g/mol. The molecule has 0 fully saturated rings. The molecule has 154 valence electrons. The van der Waals surface area contributed by atoms with Crippen molar-refractivity contribution in [2.24, 2.45) is 0 Å². The van der Waals surface area contributed by atoms with Crippen LogP contribution in [-0.2, 0) is 0 Å². The van der Waals surface area contributed by atoms with Crippen LogP contribution in [0.5, 0.6) is 11.5 Å². The van der Waals surface area contributed by atoms with E-state index in [-0.39, 0.29) is 11.8 Å². The Bertz CT molecular complexity index is 1070. The fourth-order valence-corrected chi connectivity index (χ4v) is 2.82. The van der Waals surface area contributed by atoms with Crippen LogP contribution in [0.15, 0.2) is 57.4 Å². The third-order valence-corrected chi connectivity index (χ3v) is 4.49. The van der Waals surface area contributed by atoms with E-state index >= 15 is 0 Å². The van der Waals surface area contributed by atoms with Gasteiger partial charge in [-0.1, -0.05) is 19.8 Å². The minimum atomic E-state index is 0.162. The molecule has 4 rings (SSSR count). The molecule has 0 bridgehead atoms. The maximum absolute atomic E-state index is 5.73. The van der Waals surface area contributed by atoms with Gasteiger partial charge in [0.1, 0.15) is 11.5 Å². The second-order valence-corrected chi connectivity index (χ2v) is 6.63. The van der Waals surface area contributed by atoms with E-state index in [9.17, 15) is 0 Å². The van der Waals surface area contributed by atoms with Gasteiger partial charge in [-0.05, 0) is 55.0 Å². The summed E-state index contributed by atoms with van der Waals surface area (Å²) in [6.45, 7) is 2.88. The predicted octanol–water partition coefficient (Wildman–Crippen LogP) is 5.03. The maximum Gasteiger partial charge on any atom is 0.306 e. The molecule has 0 radical (unpaired) electrons. The van der Waals surface area contributed by atoms with Crippen LogP contribution in [0.2, 0.25) is 0 Å². The Labute approximate surface area is 173 Å². The van der Waals surface area contributed by atoms with Gasteiger partial charge in [-0.15, -0.1) is 20.4 Å². The number of hydrogen-bond donors (Lipinski definition) is 0. The highest BCUT2D eigenvalue weighted by molar-refractivity contribution is 5.57. The number of ether oxygens (including phenoxy) is 2. The van der Waals surface area contributed by atoms with Gasteiger partial charge < -0.3 is 18.3 Å². The van der Waals surface area contributed by atoms with Crippen LogP contribution in [0.1, 0.15) is 26.2 Å². The highest BCUT2D eigenvalue weighted by Crippen LogP contribution is 2.27. The first-order chi connectivity index (χ1) is 14.8. The SMILES string of the molecule is CCCCCOc1ccc(-c2nnc(-c3nnc(-c4ccc(OC)cc4)o3)o2)cc1. The molecule has 0 aliphatic rings. The standard InChI is InChI=1S/C22H22N4O4/c1-3-4-5-14-28-18-12-8-16(9-13-18)20-24-26-22(30-20)21-25-23-19(29-21)15-6-10-17(27-2)11-7-15/h6-13H,3-5,14H2,1-2H3. The number of unbranched alkanes of at least 4 members (excludes halogenated alkanes) is 2. The molecule has 2 heterocycles. The monoisotopic (exact) mass is 406 g/mol. The van der Waals surface area contributed by atoms with Gasteiger partial charge in [0.05, 0.1) is 13.7 Å². The summed E-state index contributed by atoms with van der Waals surface area (Å²) < 4.78 is 22.3. The van der Waals surface area contributed by atoms with Gasteiger partial charge in [0.25, 0.3) is 0 Å². The molecule has 2 aromatic carbocycles. The Morgan fingerprint density at radius 3 is 1.67 bits per heavy atom. The average Bonchev–Trinajstić information content (AvgIpc) is 3.47. The van der Waals surface area contributed by atoms with Crippen LogP contribution in [0.25, 0.3) is 34.7 Å². The Hall–Kier alpha value is -3.68. The van der Waals surface area contributed by atoms with Crippen LogP contribution >= 0.6 is 0 Å². The molecule has 0 unspecified atom stereocenters. The van der Waals surface area contributed by atoms with Crippen molar-refractivity contribution in [2.75, 3.05) is 13.7 Å². The van der Waals surface area contributed by atoms with E-state index in [4.69, 9.17) is 18.3 Å². The molecule has 2 aromatic heterocycles. The summed E-state index contributed by atoms with van der Waals surface area (Å²) >= 11 is 0. The van der Waals surface area contributed by atoms with Gasteiger partial charge in [0, 0.05) is 11.1 Å². The van der Waals surface area contributed by atoms with E-state index < -0.39 is 0 Å². The van der Waals surface area contributed by atoms with Gasteiger partial charge in [0.2, 0.25) is 11.8 Å². The molecule has 30 heavy (non-hydrogen) atoms. The molecule has 0 saturated carbocycles. The lowest BCUT2D eigenvalue weighted by atomic mass is 10.2. The first-order valence-electron chi connectivity index (χ1n) is 9.82. The lowest BCUT2D eigenvalue weighted by molar-refractivity contribution is 0.306. The largest absolute Gasteiger partial charge is 0.497 e. The summed E-state index contributed by atoms with van der Waals surface area (Å²) in [6.07, 6.45) is 3.39. The molecule has 0 aliphatic heterocycles. The summed E-state index contributed by atoms with van der Waals surface area (Å²) in [7, 11) is 1.61. The summed E-state index contributed by atoms with van der Waals surface area (Å²) in [4.78, 5) is 0. The second-order valence-electron chi connectivity index (χ2n) is 6.63. The zero-order valence-electron chi connectivity index (χ0n) is 16.9. The zero-order chi connectivity index (χ0) is 20.8. The van der Waals surface area contributed by atoms with Crippen molar-refractivity contribution in [1.29, 1.82) is 0 Å². The molecule has 8 heteroatoms. The molecule has 4 aromatic rings. The lowest BCUT2D eigenvalue weighted by Crippen LogP contribution is -1.96. The highest BCUT2D eigenvalue weighted by atomic mass is 16.5. The number of methoxy groups -OCH3 is 1. The number of nitrogens with zero attached hydrogens (tertiary/aromatic N) is 4. The van der Waals surface area contributed by atoms with Crippen molar-refractivity contribution in [1.82, 2.24) is 20.4 Å². The minimum Gasteiger partial charge on any atom is -0.497 e. The van der Waals surface area contributed by atoms with E-state index in [1.165, 1.54) is 12.8 Å². The van der Waals surface area contributed by atoms with Crippen LogP contribution < -0.4 is 9.47 Å². The Balaban J connectivity index is 1.44. The molecule has 0 atom stereocenters. The number of benzene rings is 2. The van der Waals surface area contributed by atoms with E-state index in [0.717, 1.165) is 29.0 Å². The normalized spacial score (nSPS) is 10.9. The Morgan fingerprint density at radius 2 is 1.17 bits per heavy atom. The summed E-state index contributed by atoms with van der Waals surface area (Å²) in [5.74, 6) is 2.62. The first-order valence-corrected chi connectivity index (χ1v) is 9.82. The molecule has 0 saturated heterocycles. The van der Waals surface area contributed by atoms with Crippen molar-refractivity contribution >= 4 is 0 Å². The van der Waals surface area contributed by atoms with Crippen molar-refractivity contribution in [3.8, 4) is 46.2 Å². The van der Waals surface area contributed by atoms with Gasteiger partial charge in [-0.2, -0.15) is 0 Å². The van der Waals surface area contributed by atoms with Gasteiger partial charge in [0.15, 0.2) is 0 Å². The van der Waals surface area contributed by atoms with Crippen LogP contribution in [0.4, 0.5) is 0 Å². The van der Waals surface area contributed by atoms with Crippen LogP contribution in [0.3, 0.4) is 0 Å². The number of rotatable bonds is 9. The van der Waals surface area contributed by atoms with E-state index in [2.05, 4.69) is 27.3 Å². The van der Waals surface area contributed by atoms with Crippen molar-refractivity contribution in [3.05, 3.63) is 48.5 Å². The molecule has 8 nitrogen and oxygen atoms in total. The highest BCUT2D eigenvalue weighted by Gasteiger charge is 2.17. The van der Waals surface area contributed by atoms with Crippen LogP contribution in [0, 0.1) is 0 Å². The van der Waals surface area contributed by atoms with Gasteiger partial charge in [-0.3, -0.25) is 0 Å². The summed E-state index contributed by atoms with van der Waals surface area (Å²) in [5.41, 5.74) is 1.55. The van der Waals surface area contributed by atoms with E-state index in [1.54, 1.807) is 7.11 Å². The average molecular weight is 406 g/mol. The Kier molecular flexibility index (Phi) is 6.03. The van der Waals surface area contributed by atoms with Crippen LogP contribution in [-0.4, -0.2) is 34.1 Å². The van der Waals surface area contributed by atoms with Crippen molar-refractivity contribution in [2.45, 2.75) is 26.2 Å². The second kappa shape index (κ2) is 9.21. The van der Waals surface area contributed by atoms with Gasteiger partial charge in [-0.25, -0.2) is 0 Å². The topological polar surface area (TPSA) is 96.3 Å². The summed E-state index contributed by atoms with van der Waals surface area (Å²) in [5, 5.41) is 16.2. The van der Waals surface area contributed by atoms with E-state index in [1.807, 2.05) is 48.5 Å². The zero-order valence-corrected chi connectivity index (χ0v) is 16.9.